The average molecular weight is 671 g/mol. The maximum Gasteiger partial charge on any atom is 0.322 e. The number of carbonyl (C=O) groups excluding carboxylic acids is 4. The Morgan fingerprint density at radius 1 is 0.542 bits per heavy atom. The van der Waals surface area contributed by atoms with Crippen molar-refractivity contribution in [3.8, 4) is 23.0 Å². The molecular formula is C34H42N2O12. The smallest absolute Gasteiger partial charge is 0.322 e. The number of nitrogens with zero attached hydrogens (tertiary/aromatic N) is 2. The van der Waals surface area contributed by atoms with Crippen LogP contribution in [0.1, 0.15) is 50.9 Å². The third-order valence-electron chi connectivity index (χ3n) is 8.41. The van der Waals surface area contributed by atoms with Gasteiger partial charge in [-0.15, -0.1) is 0 Å². The van der Waals surface area contributed by atoms with Gasteiger partial charge in [-0.05, 0) is 63.1 Å². The van der Waals surface area contributed by atoms with Crippen molar-refractivity contribution >= 4 is 23.9 Å². The van der Waals surface area contributed by atoms with Gasteiger partial charge >= 0.3 is 23.9 Å². The fourth-order valence-electron chi connectivity index (χ4n) is 6.35. The standard InChI is InChI=1S/C34H42N2O12/c1-5-41-31(37)27(32(38)42-6-2)29(21-9-11-23-25(17-21)47-19-45-23)35-13-15-36(16-14-35)30(22-10-12-24-26(18-22)48-20-46-24)28(33(39)43-7-3)34(40)44-8-4/h9-12,17-18,27-30H,5-8,13-16,19-20H2,1-4H3/t29-,30-/m1/s1. The van der Waals surface area contributed by atoms with Crippen molar-refractivity contribution in [3.63, 3.8) is 0 Å². The van der Waals surface area contributed by atoms with Crippen molar-refractivity contribution in [1.82, 2.24) is 9.80 Å². The van der Waals surface area contributed by atoms with E-state index < -0.39 is 47.8 Å². The highest BCUT2D eigenvalue weighted by atomic mass is 16.7. The lowest BCUT2D eigenvalue weighted by molar-refractivity contribution is -0.169. The minimum Gasteiger partial charge on any atom is -0.465 e. The van der Waals surface area contributed by atoms with Crippen molar-refractivity contribution in [2.45, 2.75) is 39.8 Å². The number of carbonyl (C=O) groups is 4. The summed E-state index contributed by atoms with van der Waals surface area (Å²) in [6.07, 6.45) is 0. The number of benzene rings is 2. The largest absolute Gasteiger partial charge is 0.465 e. The number of esters is 4. The highest BCUT2D eigenvalue weighted by Gasteiger charge is 2.46. The Hall–Kier alpha value is -4.56. The molecule has 1 saturated heterocycles. The van der Waals surface area contributed by atoms with E-state index in [1.165, 1.54) is 0 Å². The van der Waals surface area contributed by atoms with Crippen molar-refractivity contribution in [2.24, 2.45) is 11.8 Å². The lowest BCUT2D eigenvalue weighted by Gasteiger charge is -2.44. The van der Waals surface area contributed by atoms with Crippen LogP contribution >= 0.6 is 0 Å². The number of hydrogen-bond acceptors (Lipinski definition) is 14. The van der Waals surface area contributed by atoms with Crippen LogP contribution in [0.4, 0.5) is 0 Å². The summed E-state index contributed by atoms with van der Waals surface area (Å²) in [7, 11) is 0. The summed E-state index contributed by atoms with van der Waals surface area (Å²) in [5.74, 6) is -3.31. The molecule has 0 N–H and O–H groups in total. The molecule has 0 aromatic heterocycles. The molecule has 2 atom stereocenters. The lowest BCUT2D eigenvalue weighted by atomic mass is 9.88. The van der Waals surface area contributed by atoms with Gasteiger partial charge in [0.25, 0.3) is 0 Å². The maximum absolute atomic E-state index is 13.4. The molecule has 0 radical (unpaired) electrons. The molecule has 3 aliphatic rings. The number of piperazine rings is 1. The third kappa shape index (κ3) is 7.44. The molecule has 5 rings (SSSR count). The van der Waals surface area contributed by atoms with Gasteiger partial charge in [-0.2, -0.15) is 0 Å². The third-order valence-corrected chi connectivity index (χ3v) is 8.41. The second-order valence-electron chi connectivity index (χ2n) is 11.2. The van der Waals surface area contributed by atoms with Gasteiger partial charge in [0.05, 0.1) is 38.5 Å². The fourth-order valence-corrected chi connectivity index (χ4v) is 6.35. The van der Waals surface area contributed by atoms with Crippen molar-refractivity contribution < 1.29 is 57.1 Å². The zero-order chi connectivity index (χ0) is 34.2. The highest BCUT2D eigenvalue weighted by molar-refractivity contribution is 5.96. The fraction of sp³-hybridized carbons (Fsp3) is 0.529. The van der Waals surface area contributed by atoms with Gasteiger partial charge in [0, 0.05) is 26.2 Å². The van der Waals surface area contributed by atoms with E-state index in [4.69, 9.17) is 37.9 Å². The van der Waals surface area contributed by atoms with Gasteiger partial charge in [-0.25, -0.2) is 0 Å². The molecule has 14 heteroatoms. The Labute approximate surface area is 279 Å². The van der Waals surface area contributed by atoms with E-state index in [0.717, 1.165) is 0 Å². The normalized spacial score (nSPS) is 16.8. The Morgan fingerprint density at radius 2 is 0.854 bits per heavy atom. The zero-order valence-corrected chi connectivity index (χ0v) is 27.6. The highest BCUT2D eigenvalue weighted by Crippen LogP contribution is 2.42. The van der Waals surface area contributed by atoms with Crippen LogP contribution in [0, 0.1) is 11.8 Å². The average Bonchev–Trinajstić information content (AvgIpc) is 3.75. The molecule has 0 amide bonds. The van der Waals surface area contributed by atoms with E-state index in [0.29, 0.717) is 60.3 Å². The number of fused-ring (bicyclic) bond motifs is 2. The van der Waals surface area contributed by atoms with Gasteiger partial charge in [0.1, 0.15) is 0 Å². The number of hydrogen-bond donors (Lipinski definition) is 0. The topological polar surface area (TPSA) is 149 Å². The number of rotatable bonds is 14. The summed E-state index contributed by atoms with van der Waals surface area (Å²) >= 11 is 0. The molecule has 0 spiro atoms. The van der Waals surface area contributed by atoms with E-state index in [2.05, 4.69) is 0 Å². The summed E-state index contributed by atoms with van der Waals surface area (Å²) in [5, 5.41) is 0. The van der Waals surface area contributed by atoms with Crippen LogP contribution in [0.5, 0.6) is 23.0 Å². The maximum atomic E-state index is 13.4. The molecule has 3 aliphatic heterocycles. The Balaban J connectivity index is 1.50. The summed E-state index contributed by atoms with van der Waals surface area (Å²) in [4.78, 5) is 57.7. The minimum absolute atomic E-state index is 0.0602. The first-order chi connectivity index (χ1) is 23.3. The Bertz CT molecular complexity index is 1330. The van der Waals surface area contributed by atoms with Crippen LogP contribution in [-0.4, -0.2) is 99.9 Å². The monoisotopic (exact) mass is 670 g/mol. The molecule has 2 aromatic carbocycles. The lowest BCUT2D eigenvalue weighted by Crippen LogP contribution is -2.54. The summed E-state index contributed by atoms with van der Waals surface area (Å²) in [5.41, 5.74) is 1.28. The van der Waals surface area contributed by atoms with E-state index >= 15 is 0 Å². The summed E-state index contributed by atoms with van der Waals surface area (Å²) in [6.45, 7) is 8.50. The quantitative estimate of drug-likeness (QED) is 0.165. The van der Waals surface area contributed by atoms with Crippen LogP contribution in [0.15, 0.2) is 36.4 Å². The molecule has 14 nitrogen and oxygen atoms in total. The molecule has 1 fully saturated rings. The van der Waals surface area contributed by atoms with E-state index in [1.54, 1.807) is 64.1 Å². The second kappa shape index (κ2) is 16.0. The Kier molecular flexibility index (Phi) is 11.6. The van der Waals surface area contributed by atoms with E-state index in [1.807, 2.05) is 9.80 Å². The summed E-state index contributed by atoms with van der Waals surface area (Å²) < 4.78 is 43.8. The molecule has 260 valence electrons. The summed E-state index contributed by atoms with van der Waals surface area (Å²) in [6, 6.07) is 9.03. The molecular weight excluding hydrogens is 628 g/mol. The molecule has 0 aliphatic carbocycles. The van der Waals surface area contributed by atoms with Crippen molar-refractivity contribution in [2.75, 3.05) is 66.2 Å². The van der Waals surface area contributed by atoms with Crippen molar-refractivity contribution in [1.29, 1.82) is 0 Å². The molecule has 3 heterocycles. The van der Waals surface area contributed by atoms with Crippen LogP contribution in [0.25, 0.3) is 0 Å². The van der Waals surface area contributed by atoms with E-state index in [-0.39, 0.29) is 40.0 Å². The zero-order valence-electron chi connectivity index (χ0n) is 27.6. The first kappa shape index (κ1) is 34.8. The van der Waals surface area contributed by atoms with Crippen LogP contribution < -0.4 is 18.9 Å². The van der Waals surface area contributed by atoms with Gasteiger partial charge in [-0.1, -0.05) is 12.1 Å². The van der Waals surface area contributed by atoms with E-state index in [9.17, 15) is 19.2 Å². The van der Waals surface area contributed by atoms with Gasteiger partial charge in [0.2, 0.25) is 13.6 Å². The molecule has 0 bridgehead atoms. The minimum atomic E-state index is -1.30. The van der Waals surface area contributed by atoms with Crippen molar-refractivity contribution in [3.05, 3.63) is 47.5 Å². The molecule has 0 unspecified atom stereocenters. The molecule has 48 heavy (non-hydrogen) atoms. The molecule has 2 aromatic rings. The first-order valence-corrected chi connectivity index (χ1v) is 16.2. The predicted octanol–water partition coefficient (Wildman–Crippen LogP) is 3.03. The van der Waals surface area contributed by atoms with Crippen LogP contribution in [0.2, 0.25) is 0 Å². The van der Waals surface area contributed by atoms with Gasteiger partial charge in [-0.3, -0.25) is 29.0 Å². The first-order valence-electron chi connectivity index (χ1n) is 16.2. The van der Waals surface area contributed by atoms with Crippen LogP contribution in [0.3, 0.4) is 0 Å². The van der Waals surface area contributed by atoms with Gasteiger partial charge in [0.15, 0.2) is 34.8 Å². The SMILES string of the molecule is CCOC(=O)C(C(=O)OCC)[C@@H](c1ccc2c(c1)OCO2)N1CCN([C@H](c2ccc3c(c2)OCO3)C(C(=O)OCC)C(=O)OCC)CC1. The predicted molar refractivity (Wildman–Crippen MR) is 167 cm³/mol. The second-order valence-corrected chi connectivity index (χ2v) is 11.2. The molecule has 0 saturated carbocycles. The van der Waals surface area contributed by atoms with Crippen LogP contribution in [-0.2, 0) is 38.1 Å². The van der Waals surface area contributed by atoms with Gasteiger partial charge < -0.3 is 37.9 Å². The Morgan fingerprint density at radius 3 is 1.17 bits per heavy atom. The number of ether oxygens (including phenoxy) is 8.